The molecule has 1 aliphatic rings. The Labute approximate surface area is 90.8 Å². The lowest BCUT2D eigenvalue weighted by atomic mass is 9.88. The molecular formula is C11H20N2O2. The molecule has 0 saturated heterocycles. The lowest BCUT2D eigenvalue weighted by Crippen LogP contribution is -2.40. The van der Waals surface area contributed by atoms with Gasteiger partial charge in [0.1, 0.15) is 0 Å². The molecule has 0 aromatic carbocycles. The van der Waals surface area contributed by atoms with Crippen LogP contribution in [0.3, 0.4) is 0 Å². The Balaban J connectivity index is 2.56. The first-order valence-electron chi connectivity index (χ1n) is 5.48. The summed E-state index contributed by atoms with van der Waals surface area (Å²) in [5, 5.41) is 0. The number of nitrogens with two attached hydrogens (primary N) is 1. The van der Waals surface area contributed by atoms with E-state index in [-0.39, 0.29) is 12.3 Å². The van der Waals surface area contributed by atoms with Gasteiger partial charge in [-0.1, -0.05) is 13.8 Å². The van der Waals surface area contributed by atoms with E-state index in [2.05, 4.69) is 0 Å². The fourth-order valence-corrected chi connectivity index (χ4v) is 1.59. The minimum atomic E-state index is -0.737. The molecule has 0 heterocycles. The third kappa shape index (κ3) is 2.94. The van der Waals surface area contributed by atoms with Gasteiger partial charge in [0.05, 0.1) is 5.41 Å². The maximum atomic E-state index is 11.9. The van der Waals surface area contributed by atoms with Crippen molar-refractivity contribution in [3.8, 4) is 0 Å². The molecule has 0 spiro atoms. The third-order valence-electron chi connectivity index (χ3n) is 2.91. The largest absolute Gasteiger partial charge is 0.369 e. The van der Waals surface area contributed by atoms with Gasteiger partial charge in [0.25, 0.3) is 0 Å². The van der Waals surface area contributed by atoms with Gasteiger partial charge >= 0.3 is 0 Å². The first kappa shape index (κ1) is 12.0. The van der Waals surface area contributed by atoms with Crippen molar-refractivity contribution in [2.24, 2.45) is 11.1 Å². The van der Waals surface area contributed by atoms with Gasteiger partial charge in [-0.3, -0.25) is 9.59 Å². The van der Waals surface area contributed by atoms with Crippen LogP contribution in [0.5, 0.6) is 0 Å². The molecule has 2 amide bonds. The minimum absolute atomic E-state index is 0.0452. The summed E-state index contributed by atoms with van der Waals surface area (Å²) >= 11 is 0. The summed E-state index contributed by atoms with van der Waals surface area (Å²) in [4.78, 5) is 24.9. The summed E-state index contributed by atoms with van der Waals surface area (Å²) in [6, 6.07) is 0.408. The SMILES string of the molecule is CCN(C(=O)CC(C)(C)C(N)=O)C1CC1. The number of amides is 2. The van der Waals surface area contributed by atoms with Crippen LogP contribution in [-0.2, 0) is 9.59 Å². The van der Waals surface area contributed by atoms with Gasteiger partial charge in [0.2, 0.25) is 11.8 Å². The number of primary amides is 1. The summed E-state index contributed by atoms with van der Waals surface area (Å²) in [6.07, 6.45) is 2.40. The van der Waals surface area contributed by atoms with E-state index in [0.717, 1.165) is 19.4 Å². The molecule has 0 aromatic rings. The number of hydrogen-bond donors (Lipinski definition) is 1. The van der Waals surface area contributed by atoms with Crippen LogP contribution in [0.1, 0.15) is 40.0 Å². The Morgan fingerprint density at radius 3 is 2.27 bits per heavy atom. The zero-order valence-electron chi connectivity index (χ0n) is 9.75. The molecule has 15 heavy (non-hydrogen) atoms. The Morgan fingerprint density at radius 2 is 1.93 bits per heavy atom. The van der Waals surface area contributed by atoms with E-state index in [9.17, 15) is 9.59 Å². The molecule has 0 atom stereocenters. The quantitative estimate of drug-likeness (QED) is 0.736. The molecule has 0 aromatic heterocycles. The van der Waals surface area contributed by atoms with Crippen molar-refractivity contribution in [2.45, 2.75) is 46.1 Å². The molecule has 0 bridgehead atoms. The number of carbonyl (C=O) groups is 2. The van der Waals surface area contributed by atoms with E-state index in [4.69, 9.17) is 5.73 Å². The lowest BCUT2D eigenvalue weighted by molar-refractivity contribution is -0.138. The second-order valence-electron chi connectivity index (χ2n) is 4.84. The molecule has 0 radical (unpaired) electrons. The molecule has 0 aliphatic heterocycles. The van der Waals surface area contributed by atoms with Crippen molar-refractivity contribution in [3.63, 3.8) is 0 Å². The molecule has 1 aliphatic carbocycles. The Kier molecular flexibility index (Phi) is 3.37. The predicted octanol–water partition coefficient (Wildman–Crippen LogP) is 0.899. The summed E-state index contributed by atoms with van der Waals surface area (Å²) in [5.74, 6) is -0.369. The van der Waals surface area contributed by atoms with Crippen LogP contribution >= 0.6 is 0 Å². The number of rotatable bonds is 5. The second-order valence-corrected chi connectivity index (χ2v) is 4.84. The molecule has 2 N–H and O–H groups in total. The highest BCUT2D eigenvalue weighted by Gasteiger charge is 2.35. The number of hydrogen-bond acceptors (Lipinski definition) is 2. The smallest absolute Gasteiger partial charge is 0.223 e. The van der Waals surface area contributed by atoms with Gasteiger partial charge < -0.3 is 10.6 Å². The fourth-order valence-electron chi connectivity index (χ4n) is 1.59. The summed E-state index contributed by atoms with van der Waals surface area (Å²) in [5.41, 5.74) is 4.51. The average Bonchev–Trinajstić information content (AvgIpc) is 2.88. The third-order valence-corrected chi connectivity index (χ3v) is 2.91. The molecule has 1 rings (SSSR count). The fraction of sp³-hybridized carbons (Fsp3) is 0.818. The Hall–Kier alpha value is -1.06. The molecule has 86 valence electrons. The van der Waals surface area contributed by atoms with Crippen molar-refractivity contribution in [1.29, 1.82) is 0 Å². The highest BCUT2D eigenvalue weighted by atomic mass is 16.2. The lowest BCUT2D eigenvalue weighted by Gasteiger charge is -2.26. The standard InChI is InChI=1S/C11H20N2O2/c1-4-13(8-5-6-8)9(14)7-11(2,3)10(12)15/h8H,4-7H2,1-3H3,(H2,12,15). The van der Waals surface area contributed by atoms with Crippen LogP contribution in [0.25, 0.3) is 0 Å². The van der Waals surface area contributed by atoms with Gasteiger partial charge in [0.15, 0.2) is 0 Å². The molecule has 4 nitrogen and oxygen atoms in total. The summed E-state index contributed by atoms with van der Waals surface area (Å²) in [6.45, 7) is 6.12. The molecule has 1 fully saturated rings. The van der Waals surface area contributed by atoms with E-state index in [1.165, 1.54) is 0 Å². The van der Waals surface area contributed by atoms with Gasteiger partial charge in [0, 0.05) is 19.0 Å². The molecule has 1 saturated carbocycles. The van der Waals surface area contributed by atoms with Gasteiger partial charge in [-0.2, -0.15) is 0 Å². The van der Waals surface area contributed by atoms with Crippen LogP contribution in [0, 0.1) is 5.41 Å². The first-order chi connectivity index (χ1) is 6.88. The highest BCUT2D eigenvalue weighted by molar-refractivity contribution is 5.87. The van der Waals surface area contributed by atoms with E-state index in [1.54, 1.807) is 13.8 Å². The zero-order valence-corrected chi connectivity index (χ0v) is 9.75. The highest BCUT2D eigenvalue weighted by Crippen LogP contribution is 2.29. The Bertz CT molecular complexity index is 270. The normalized spacial score (nSPS) is 16.2. The summed E-state index contributed by atoms with van der Waals surface area (Å²) in [7, 11) is 0. The molecule has 0 unspecified atom stereocenters. The van der Waals surface area contributed by atoms with Gasteiger partial charge in [-0.25, -0.2) is 0 Å². The van der Waals surface area contributed by atoms with Crippen LogP contribution in [0.4, 0.5) is 0 Å². The second kappa shape index (κ2) is 4.21. The van der Waals surface area contributed by atoms with Crippen molar-refractivity contribution in [1.82, 2.24) is 4.90 Å². The summed E-state index contributed by atoms with van der Waals surface area (Å²) < 4.78 is 0. The van der Waals surface area contributed by atoms with Crippen molar-refractivity contribution >= 4 is 11.8 Å². The van der Waals surface area contributed by atoms with E-state index >= 15 is 0 Å². The molecular weight excluding hydrogens is 192 g/mol. The first-order valence-corrected chi connectivity index (χ1v) is 5.48. The number of nitrogens with zero attached hydrogens (tertiary/aromatic N) is 1. The van der Waals surface area contributed by atoms with Crippen molar-refractivity contribution in [3.05, 3.63) is 0 Å². The van der Waals surface area contributed by atoms with Gasteiger partial charge in [-0.15, -0.1) is 0 Å². The van der Waals surface area contributed by atoms with Crippen molar-refractivity contribution < 1.29 is 9.59 Å². The van der Waals surface area contributed by atoms with E-state index in [0.29, 0.717) is 6.04 Å². The van der Waals surface area contributed by atoms with Crippen LogP contribution in [0.2, 0.25) is 0 Å². The van der Waals surface area contributed by atoms with Crippen molar-refractivity contribution in [2.75, 3.05) is 6.54 Å². The van der Waals surface area contributed by atoms with Crippen LogP contribution in [0.15, 0.2) is 0 Å². The average molecular weight is 212 g/mol. The van der Waals surface area contributed by atoms with E-state index < -0.39 is 11.3 Å². The van der Waals surface area contributed by atoms with Crippen LogP contribution < -0.4 is 5.73 Å². The predicted molar refractivity (Wildman–Crippen MR) is 58.0 cm³/mol. The maximum Gasteiger partial charge on any atom is 0.223 e. The van der Waals surface area contributed by atoms with Crippen LogP contribution in [-0.4, -0.2) is 29.3 Å². The topological polar surface area (TPSA) is 63.4 Å². The van der Waals surface area contributed by atoms with E-state index in [1.807, 2.05) is 11.8 Å². The van der Waals surface area contributed by atoms with Gasteiger partial charge in [-0.05, 0) is 19.8 Å². The monoisotopic (exact) mass is 212 g/mol. The maximum absolute atomic E-state index is 11.9. The number of carbonyl (C=O) groups excluding carboxylic acids is 2. The molecule has 4 heteroatoms. The minimum Gasteiger partial charge on any atom is -0.369 e. The Morgan fingerprint density at radius 1 is 1.40 bits per heavy atom. The zero-order chi connectivity index (χ0) is 11.6.